The third kappa shape index (κ3) is 2.33. The van der Waals surface area contributed by atoms with Crippen LogP contribution in [-0.4, -0.2) is 13.7 Å². The Morgan fingerprint density at radius 3 is 2.54 bits per heavy atom. The van der Waals surface area contributed by atoms with Crippen LogP contribution in [0.25, 0.3) is 0 Å². The molecule has 5 nitrogen and oxygen atoms in total. The highest BCUT2D eigenvalue weighted by Crippen LogP contribution is 2.24. The molecule has 0 aliphatic carbocycles. The van der Waals surface area contributed by atoms with E-state index in [1.54, 1.807) is 0 Å². The van der Waals surface area contributed by atoms with Crippen molar-refractivity contribution in [3.8, 4) is 0 Å². The van der Waals surface area contributed by atoms with Crippen LogP contribution in [0.15, 0.2) is 27.6 Å². The number of hydrogen-bond acceptors (Lipinski definition) is 3. The number of rotatable bonds is 2. The molecule has 1 aromatic rings. The molecule has 0 heterocycles. The molecule has 1 atom stereocenters. The molecule has 0 aliphatic rings. The van der Waals surface area contributed by atoms with E-state index < -0.39 is 16.0 Å². The fourth-order valence-electron chi connectivity index (χ4n) is 0.745. The van der Waals surface area contributed by atoms with E-state index >= 15 is 0 Å². The topological polar surface area (TPSA) is 80.4 Å². The minimum atomic E-state index is -2.13. The van der Waals surface area contributed by atoms with Gasteiger partial charge in [-0.25, -0.2) is 4.21 Å². The van der Waals surface area contributed by atoms with Gasteiger partial charge in [-0.1, -0.05) is 0 Å². The zero-order valence-electron chi connectivity index (χ0n) is 6.14. The Morgan fingerprint density at radius 1 is 1.54 bits per heavy atom. The third-order valence-corrected chi connectivity index (χ3v) is 2.97. The van der Waals surface area contributed by atoms with Crippen molar-refractivity contribution in [1.82, 2.24) is 0 Å². The van der Waals surface area contributed by atoms with Gasteiger partial charge in [0.2, 0.25) is 0 Å². The van der Waals surface area contributed by atoms with Crippen LogP contribution in [0.3, 0.4) is 0 Å². The Labute approximate surface area is 84.3 Å². The zero-order chi connectivity index (χ0) is 10.0. The normalized spacial score (nSPS) is 12.5. The maximum atomic E-state index is 10.6. The molecule has 1 N–H and O–H groups in total. The molecule has 0 saturated carbocycles. The second kappa shape index (κ2) is 3.95. The highest BCUT2D eigenvalue weighted by atomic mass is 79.9. The average molecular weight is 266 g/mol. The summed E-state index contributed by atoms with van der Waals surface area (Å²) in [7, 11) is 0. The second-order valence-corrected chi connectivity index (χ2v) is 3.91. The predicted molar refractivity (Wildman–Crippen MR) is 49.8 cm³/mol. The molecule has 0 aliphatic heterocycles. The molecule has 7 heteroatoms. The summed E-state index contributed by atoms with van der Waals surface area (Å²) in [5, 5.41) is 10.3. The van der Waals surface area contributed by atoms with E-state index in [1.165, 1.54) is 18.2 Å². The first kappa shape index (κ1) is 10.3. The highest BCUT2D eigenvalue weighted by Gasteiger charge is 2.11. The molecule has 0 fully saturated rings. The van der Waals surface area contributed by atoms with Gasteiger partial charge in [0, 0.05) is 16.6 Å². The van der Waals surface area contributed by atoms with Crippen LogP contribution in [0.1, 0.15) is 0 Å². The molecular formula is C6H4BrNO4S. The first-order valence-corrected chi connectivity index (χ1v) is 4.97. The van der Waals surface area contributed by atoms with Crippen LogP contribution >= 0.6 is 15.9 Å². The van der Waals surface area contributed by atoms with Gasteiger partial charge in [-0.2, -0.15) is 0 Å². The van der Waals surface area contributed by atoms with Crippen molar-refractivity contribution >= 4 is 32.7 Å². The lowest BCUT2D eigenvalue weighted by molar-refractivity contribution is -0.385. The van der Waals surface area contributed by atoms with E-state index in [0.29, 0.717) is 0 Å². The highest BCUT2D eigenvalue weighted by molar-refractivity contribution is 9.10. The van der Waals surface area contributed by atoms with Crippen LogP contribution < -0.4 is 0 Å². The van der Waals surface area contributed by atoms with Gasteiger partial charge in [0.05, 0.1) is 9.82 Å². The fraction of sp³-hybridized carbons (Fsp3) is 0. The summed E-state index contributed by atoms with van der Waals surface area (Å²) in [5.74, 6) is 0. The van der Waals surface area contributed by atoms with E-state index in [-0.39, 0.29) is 15.1 Å². The lowest BCUT2D eigenvalue weighted by Crippen LogP contribution is -1.92. The van der Waals surface area contributed by atoms with Crippen molar-refractivity contribution in [3.05, 3.63) is 32.8 Å². The Kier molecular flexibility index (Phi) is 3.12. The van der Waals surface area contributed by atoms with Crippen LogP contribution in [0.5, 0.6) is 0 Å². The van der Waals surface area contributed by atoms with Crippen molar-refractivity contribution in [1.29, 1.82) is 0 Å². The molecule has 1 unspecified atom stereocenters. The van der Waals surface area contributed by atoms with E-state index in [2.05, 4.69) is 15.9 Å². The molecule has 0 bridgehead atoms. The van der Waals surface area contributed by atoms with Gasteiger partial charge in [0.1, 0.15) is 0 Å². The fourth-order valence-corrected chi connectivity index (χ4v) is 1.94. The summed E-state index contributed by atoms with van der Waals surface area (Å²) < 4.78 is 19.6. The van der Waals surface area contributed by atoms with Crippen molar-refractivity contribution < 1.29 is 13.7 Å². The smallest absolute Gasteiger partial charge is 0.270 e. The molecule has 70 valence electrons. The predicted octanol–water partition coefficient (Wildman–Crippen LogP) is 1.94. The molecule has 1 aromatic carbocycles. The van der Waals surface area contributed by atoms with E-state index in [0.717, 1.165) is 0 Å². The summed E-state index contributed by atoms with van der Waals surface area (Å²) >= 11 is 0.827. The number of halogens is 1. The van der Waals surface area contributed by atoms with Crippen molar-refractivity contribution in [2.24, 2.45) is 0 Å². The number of nitro groups is 1. The summed E-state index contributed by atoms with van der Waals surface area (Å²) in [6, 6.07) is 3.59. The van der Waals surface area contributed by atoms with Crippen molar-refractivity contribution in [2.45, 2.75) is 4.90 Å². The maximum Gasteiger partial charge on any atom is 0.270 e. The van der Waals surface area contributed by atoms with Crippen molar-refractivity contribution in [2.75, 3.05) is 0 Å². The van der Waals surface area contributed by atoms with Gasteiger partial charge < -0.3 is 4.55 Å². The molecule has 0 radical (unpaired) electrons. The molecule has 0 spiro atoms. The second-order valence-electron chi connectivity index (χ2n) is 2.12. The minimum absolute atomic E-state index is 0.116. The van der Waals surface area contributed by atoms with Crippen LogP contribution in [0, 0.1) is 10.1 Å². The summed E-state index contributed by atoms with van der Waals surface area (Å²) in [6.45, 7) is 0. The summed E-state index contributed by atoms with van der Waals surface area (Å²) in [6.07, 6.45) is 0. The zero-order valence-corrected chi connectivity index (χ0v) is 8.54. The maximum absolute atomic E-state index is 10.6. The van der Waals surface area contributed by atoms with E-state index in [4.69, 9.17) is 4.55 Å². The van der Waals surface area contributed by atoms with Crippen molar-refractivity contribution in [3.63, 3.8) is 0 Å². The van der Waals surface area contributed by atoms with Gasteiger partial charge in [0.15, 0.2) is 11.1 Å². The lowest BCUT2D eigenvalue weighted by Gasteiger charge is -1.97. The number of non-ortho nitro benzene ring substituents is 1. The Balaban J connectivity index is 3.20. The molecule has 0 amide bonds. The Bertz CT molecular complexity index is 381. The lowest BCUT2D eigenvalue weighted by atomic mass is 10.3. The summed E-state index contributed by atoms with van der Waals surface area (Å²) in [5.41, 5.74) is -0.124. The molecule has 0 aromatic heterocycles. The molecule has 13 heavy (non-hydrogen) atoms. The van der Waals surface area contributed by atoms with Gasteiger partial charge in [-0.05, 0) is 22.0 Å². The van der Waals surface area contributed by atoms with Gasteiger partial charge >= 0.3 is 0 Å². The van der Waals surface area contributed by atoms with Gasteiger partial charge in [0.25, 0.3) is 5.69 Å². The third-order valence-electron chi connectivity index (χ3n) is 1.31. The first-order valence-electron chi connectivity index (χ1n) is 3.07. The van der Waals surface area contributed by atoms with Crippen LogP contribution in [0.4, 0.5) is 5.69 Å². The molecule has 1 rings (SSSR count). The number of hydrogen-bond donors (Lipinski definition) is 1. The van der Waals surface area contributed by atoms with Gasteiger partial charge in [-0.3, -0.25) is 10.1 Å². The molecular weight excluding hydrogens is 262 g/mol. The first-order chi connectivity index (χ1) is 6.02. The Morgan fingerprint density at radius 2 is 2.15 bits per heavy atom. The monoisotopic (exact) mass is 265 g/mol. The van der Waals surface area contributed by atoms with E-state index in [1.807, 2.05) is 0 Å². The Hall–Kier alpha value is -0.790. The minimum Gasteiger partial charge on any atom is -0.302 e. The quantitative estimate of drug-likeness (QED) is 0.504. The standard InChI is InChI=1S/C6H4BrNO4S/c7-5-3-4(8(9)10)1-2-6(5)13(11)12/h1-3H,(H,11,12). The average Bonchev–Trinajstić information content (AvgIpc) is 2.03. The number of benzene rings is 1. The van der Waals surface area contributed by atoms with Crippen LogP contribution in [0.2, 0.25) is 0 Å². The molecule has 0 saturated heterocycles. The van der Waals surface area contributed by atoms with E-state index in [9.17, 15) is 14.3 Å². The SMILES string of the molecule is O=[N+]([O-])c1ccc(S(=O)O)c(Br)c1. The summed E-state index contributed by atoms with van der Waals surface area (Å²) in [4.78, 5) is 9.82. The number of nitrogens with zero attached hydrogens (tertiary/aromatic N) is 1. The largest absolute Gasteiger partial charge is 0.302 e. The van der Waals surface area contributed by atoms with Crippen LogP contribution in [-0.2, 0) is 11.1 Å². The van der Waals surface area contributed by atoms with Gasteiger partial charge in [-0.15, -0.1) is 0 Å². The number of nitro benzene ring substituents is 1.